The lowest BCUT2D eigenvalue weighted by molar-refractivity contribution is 0.690. The Hall–Kier alpha value is -1.35. The van der Waals surface area contributed by atoms with Crippen molar-refractivity contribution in [2.24, 2.45) is 0 Å². The van der Waals surface area contributed by atoms with Crippen molar-refractivity contribution in [3.63, 3.8) is 0 Å². The molecule has 1 N–H and O–H groups in total. The Labute approximate surface area is 106 Å². The number of halogens is 1. The molecule has 0 aliphatic rings. The topological polar surface area (TPSA) is 37.8 Å². The van der Waals surface area contributed by atoms with Crippen molar-refractivity contribution < 1.29 is 0 Å². The molecule has 0 aliphatic carbocycles. The number of aromatic nitrogens is 2. The first-order chi connectivity index (χ1) is 8.15. The quantitative estimate of drug-likeness (QED) is 0.844. The molecular weight excluding hydrogens is 234 g/mol. The van der Waals surface area contributed by atoms with Gasteiger partial charge in [-0.3, -0.25) is 0 Å². The van der Waals surface area contributed by atoms with Gasteiger partial charge >= 0.3 is 0 Å². The van der Waals surface area contributed by atoms with Crippen LogP contribution < -0.4 is 5.32 Å². The third kappa shape index (κ3) is 3.30. The SMILES string of the molecule is CC(Cl)CC(C)Nc1ncc2ccccc2n1. The van der Waals surface area contributed by atoms with Crippen molar-refractivity contribution in [1.29, 1.82) is 0 Å². The van der Waals surface area contributed by atoms with Crippen LogP contribution in [0.5, 0.6) is 0 Å². The van der Waals surface area contributed by atoms with Gasteiger partial charge in [-0.1, -0.05) is 18.2 Å². The maximum atomic E-state index is 5.95. The number of nitrogens with zero attached hydrogens (tertiary/aromatic N) is 2. The van der Waals surface area contributed by atoms with E-state index in [9.17, 15) is 0 Å². The van der Waals surface area contributed by atoms with Crippen LogP contribution >= 0.6 is 11.6 Å². The van der Waals surface area contributed by atoms with Crippen LogP contribution in [0, 0.1) is 0 Å². The number of benzene rings is 1. The van der Waals surface area contributed by atoms with Crippen LogP contribution in [-0.4, -0.2) is 21.4 Å². The number of rotatable bonds is 4. The maximum absolute atomic E-state index is 5.95. The second-order valence-electron chi connectivity index (χ2n) is 4.31. The number of fused-ring (bicyclic) bond motifs is 1. The number of hydrogen-bond donors (Lipinski definition) is 1. The molecule has 2 atom stereocenters. The second-order valence-corrected chi connectivity index (χ2v) is 5.06. The highest BCUT2D eigenvalue weighted by Crippen LogP contribution is 2.13. The number of nitrogens with one attached hydrogen (secondary N) is 1. The van der Waals surface area contributed by atoms with Gasteiger partial charge in [0.1, 0.15) is 0 Å². The van der Waals surface area contributed by atoms with Crippen molar-refractivity contribution in [3.8, 4) is 0 Å². The van der Waals surface area contributed by atoms with Crippen LogP contribution in [0.1, 0.15) is 20.3 Å². The van der Waals surface area contributed by atoms with Crippen molar-refractivity contribution in [3.05, 3.63) is 30.5 Å². The van der Waals surface area contributed by atoms with Gasteiger partial charge in [0.15, 0.2) is 0 Å². The van der Waals surface area contributed by atoms with Gasteiger partial charge < -0.3 is 5.32 Å². The average Bonchev–Trinajstić information content (AvgIpc) is 2.27. The summed E-state index contributed by atoms with van der Waals surface area (Å²) in [6.07, 6.45) is 2.72. The molecule has 0 fully saturated rings. The van der Waals surface area contributed by atoms with E-state index in [1.807, 2.05) is 37.4 Å². The predicted molar refractivity (Wildman–Crippen MR) is 72.6 cm³/mol. The Balaban J connectivity index is 2.14. The minimum atomic E-state index is 0.151. The zero-order chi connectivity index (χ0) is 12.3. The van der Waals surface area contributed by atoms with Crippen molar-refractivity contribution >= 4 is 28.5 Å². The summed E-state index contributed by atoms with van der Waals surface area (Å²) in [5, 5.41) is 4.46. The molecule has 1 aromatic carbocycles. The molecule has 0 amide bonds. The molecule has 1 aromatic heterocycles. The minimum absolute atomic E-state index is 0.151. The summed E-state index contributed by atoms with van der Waals surface area (Å²) < 4.78 is 0. The second kappa shape index (κ2) is 5.32. The predicted octanol–water partition coefficient (Wildman–Crippen LogP) is 3.45. The summed E-state index contributed by atoms with van der Waals surface area (Å²) in [7, 11) is 0. The van der Waals surface area contributed by atoms with E-state index in [2.05, 4.69) is 22.2 Å². The molecule has 0 spiro atoms. The first kappa shape index (κ1) is 12.1. The molecule has 2 unspecified atom stereocenters. The Morgan fingerprint density at radius 2 is 2.06 bits per heavy atom. The van der Waals surface area contributed by atoms with Gasteiger partial charge in [0, 0.05) is 23.0 Å². The first-order valence-corrected chi connectivity index (χ1v) is 6.21. The number of anilines is 1. The normalized spacial score (nSPS) is 14.5. The lowest BCUT2D eigenvalue weighted by atomic mass is 10.2. The monoisotopic (exact) mass is 249 g/mol. The Morgan fingerprint density at radius 3 is 2.82 bits per heavy atom. The zero-order valence-corrected chi connectivity index (χ0v) is 10.8. The fourth-order valence-electron chi connectivity index (χ4n) is 1.81. The molecular formula is C13H16ClN3. The third-order valence-electron chi connectivity index (χ3n) is 2.54. The van der Waals surface area contributed by atoms with Crippen molar-refractivity contribution in [1.82, 2.24) is 9.97 Å². The molecule has 17 heavy (non-hydrogen) atoms. The zero-order valence-electron chi connectivity index (χ0n) is 10.0. The maximum Gasteiger partial charge on any atom is 0.223 e. The fourth-order valence-corrected chi connectivity index (χ4v) is 2.08. The summed E-state index contributed by atoms with van der Waals surface area (Å²) in [4.78, 5) is 8.75. The van der Waals surface area contributed by atoms with Gasteiger partial charge in [0.05, 0.1) is 5.52 Å². The van der Waals surface area contributed by atoms with Crippen LogP contribution in [0.15, 0.2) is 30.5 Å². The van der Waals surface area contributed by atoms with E-state index >= 15 is 0 Å². The van der Waals surface area contributed by atoms with Crippen LogP contribution in [0.2, 0.25) is 0 Å². The van der Waals surface area contributed by atoms with E-state index in [1.54, 1.807) is 0 Å². The Kier molecular flexibility index (Phi) is 3.79. The molecule has 90 valence electrons. The van der Waals surface area contributed by atoms with Gasteiger partial charge in [-0.2, -0.15) is 0 Å². The largest absolute Gasteiger partial charge is 0.352 e. The van der Waals surface area contributed by atoms with Gasteiger partial charge in [-0.15, -0.1) is 11.6 Å². The highest BCUT2D eigenvalue weighted by molar-refractivity contribution is 6.20. The highest BCUT2D eigenvalue weighted by atomic mass is 35.5. The lowest BCUT2D eigenvalue weighted by Crippen LogP contribution is -2.19. The third-order valence-corrected chi connectivity index (χ3v) is 2.72. The number of hydrogen-bond acceptors (Lipinski definition) is 3. The van der Waals surface area contributed by atoms with E-state index in [0.717, 1.165) is 17.3 Å². The summed E-state index contributed by atoms with van der Waals surface area (Å²) in [6.45, 7) is 4.07. The molecule has 0 aliphatic heterocycles. The Morgan fingerprint density at radius 1 is 1.29 bits per heavy atom. The summed E-state index contributed by atoms with van der Waals surface area (Å²) in [5.74, 6) is 0.661. The molecule has 2 rings (SSSR count). The average molecular weight is 250 g/mol. The molecule has 2 aromatic rings. The molecule has 0 radical (unpaired) electrons. The number of alkyl halides is 1. The van der Waals surface area contributed by atoms with E-state index in [4.69, 9.17) is 11.6 Å². The number of para-hydroxylation sites is 1. The lowest BCUT2D eigenvalue weighted by Gasteiger charge is -2.14. The smallest absolute Gasteiger partial charge is 0.223 e. The van der Waals surface area contributed by atoms with Gasteiger partial charge in [-0.25, -0.2) is 9.97 Å². The van der Waals surface area contributed by atoms with E-state index in [0.29, 0.717) is 5.95 Å². The van der Waals surface area contributed by atoms with E-state index in [-0.39, 0.29) is 11.4 Å². The van der Waals surface area contributed by atoms with Crippen molar-refractivity contribution in [2.75, 3.05) is 5.32 Å². The van der Waals surface area contributed by atoms with Crippen molar-refractivity contribution in [2.45, 2.75) is 31.7 Å². The van der Waals surface area contributed by atoms with Crippen LogP contribution in [0.25, 0.3) is 10.9 Å². The van der Waals surface area contributed by atoms with Crippen LogP contribution in [0.4, 0.5) is 5.95 Å². The van der Waals surface area contributed by atoms with Gasteiger partial charge in [-0.05, 0) is 26.3 Å². The molecule has 3 nitrogen and oxygen atoms in total. The standard InChI is InChI=1S/C13H16ClN3/c1-9(14)7-10(2)16-13-15-8-11-5-3-4-6-12(11)17-13/h3-6,8-10H,7H2,1-2H3,(H,15,16,17). The first-order valence-electron chi connectivity index (χ1n) is 5.77. The molecule has 1 heterocycles. The minimum Gasteiger partial charge on any atom is -0.352 e. The molecule has 0 saturated carbocycles. The molecule has 4 heteroatoms. The fraction of sp³-hybridized carbons (Fsp3) is 0.385. The van der Waals surface area contributed by atoms with Gasteiger partial charge in [0.2, 0.25) is 5.95 Å². The molecule has 0 saturated heterocycles. The van der Waals surface area contributed by atoms with Crippen LogP contribution in [-0.2, 0) is 0 Å². The molecule has 0 bridgehead atoms. The summed E-state index contributed by atoms with van der Waals surface area (Å²) in [6, 6.07) is 8.21. The van der Waals surface area contributed by atoms with Gasteiger partial charge in [0.25, 0.3) is 0 Å². The van der Waals surface area contributed by atoms with E-state index in [1.165, 1.54) is 0 Å². The van der Waals surface area contributed by atoms with E-state index < -0.39 is 0 Å². The summed E-state index contributed by atoms with van der Waals surface area (Å²) >= 11 is 5.95. The van der Waals surface area contributed by atoms with Crippen LogP contribution in [0.3, 0.4) is 0 Å². The summed E-state index contributed by atoms with van der Waals surface area (Å²) in [5.41, 5.74) is 0.955. The Bertz CT molecular complexity index is 499. The highest BCUT2D eigenvalue weighted by Gasteiger charge is 2.07.